The van der Waals surface area contributed by atoms with E-state index in [1.165, 1.54) is 0 Å². The number of piperidine rings is 1. The molecule has 1 aromatic carbocycles. The van der Waals surface area contributed by atoms with Crippen molar-refractivity contribution in [1.82, 2.24) is 34.9 Å². The van der Waals surface area contributed by atoms with E-state index in [9.17, 15) is 0 Å². The minimum Gasteiger partial charge on any atom is -0.355 e. The Bertz CT molecular complexity index is 1010. The van der Waals surface area contributed by atoms with Gasteiger partial charge in [0.05, 0.1) is 18.6 Å². The topological polar surface area (TPSA) is 88.4 Å². The van der Waals surface area contributed by atoms with Gasteiger partial charge < -0.3 is 9.88 Å². The number of rotatable bonds is 3. The number of fused-ring (bicyclic) bond motifs is 1. The molecular weight excluding hydrogens is 328 g/mol. The zero-order valence-electron chi connectivity index (χ0n) is 14.2. The molecule has 1 saturated heterocycles. The van der Waals surface area contributed by atoms with Crippen molar-refractivity contribution in [3.05, 3.63) is 49.2 Å². The number of imidazole rings is 1. The van der Waals surface area contributed by atoms with Gasteiger partial charge in [0.1, 0.15) is 17.5 Å². The number of aromatic amines is 1. The van der Waals surface area contributed by atoms with E-state index in [-0.39, 0.29) is 0 Å². The number of benzene rings is 1. The lowest BCUT2D eigenvalue weighted by Gasteiger charge is -2.32. The zero-order valence-corrected chi connectivity index (χ0v) is 14.2. The second kappa shape index (κ2) is 6.21. The minimum atomic E-state index is 0.357. The molecule has 0 radical (unpaired) electrons. The van der Waals surface area contributed by atoms with Crippen molar-refractivity contribution in [2.75, 3.05) is 18.0 Å². The molecule has 8 heteroatoms. The Morgan fingerprint density at radius 1 is 1.00 bits per heavy atom. The van der Waals surface area contributed by atoms with Crippen molar-refractivity contribution in [3.63, 3.8) is 0 Å². The van der Waals surface area contributed by atoms with E-state index >= 15 is 0 Å². The molecule has 0 spiro atoms. The molecule has 1 N–H and O–H groups in total. The molecule has 4 aromatic rings. The fourth-order valence-corrected chi connectivity index (χ4v) is 3.53. The van der Waals surface area contributed by atoms with Gasteiger partial charge in [0, 0.05) is 18.7 Å². The lowest BCUT2D eigenvalue weighted by atomic mass is 10.1. The molecule has 5 rings (SSSR count). The number of anilines is 1. The number of hydrogen-bond acceptors (Lipinski definition) is 6. The lowest BCUT2D eigenvalue weighted by Crippen LogP contribution is -2.35. The Labute approximate surface area is 149 Å². The first-order valence-corrected chi connectivity index (χ1v) is 8.75. The second-order valence-electron chi connectivity index (χ2n) is 6.47. The van der Waals surface area contributed by atoms with Crippen LogP contribution in [0.5, 0.6) is 0 Å². The summed E-state index contributed by atoms with van der Waals surface area (Å²) in [6, 6.07) is 10.5. The van der Waals surface area contributed by atoms with Gasteiger partial charge in [-0.1, -0.05) is 35.5 Å². The van der Waals surface area contributed by atoms with Crippen LogP contribution in [0.3, 0.4) is 0 Å². The highest BCUT2D eigenvalue weighted by molar-refractivity contribution is 5.82. The van der Waals surface area contributed by atoms with E-state index in [0.717, 1.165) is 48.5 Å². The monoisotopic (exact) mass is 346 g/mol. The van der Waals surface area contributed by atoms with Crippen molar-refractivity contribution in [1.29, 1.82) is 0 Å². The van der Waals surface area contributed by atoms with Crippen LogP contribution >= 0.6 is 0 Å². The summed E-state index contributed by atoms with van der Waals surface area (Å²) in [6.45, 7) is 1.83. The zero-order chi connectivity index (χ0) is 17.3. The van der Waals surface area contributed by atoms with Gasteiger partial charge in [0.25, 0.3) is 0 Å². The standard InChI is InChI=1S/C18H18N8/c1-2-4-13(5-3-1)15-10-26(24-23-15)14-6-8-25(9-7-14)18-16-17(20-11-19-16)21-12-22-18/h1-5,10-12,14H,6-9H2,(H,19,20,21,22). The van der Waals surface area contributed by atoms with E-state index < -0.39 is 0 Å². The Kier molecular flexibility index (Phi) is 3.59. The largest absolute Gasteiger partial charge is 0.355 e. The molecule has 130 valence electrons. The number of hydrogen-bond donors (Lipinski definition) is 1. The third-order valence-corrected chi connectivity index (χ3v) is 4.92. The molecule has 0 saturated carbocycles. The van der Waals surface area contributed by atoms with Crippen LogP contribution in [0.15, 0.2) is 49.2 Å². The maximum Gasteiger partial charge on any atom is 0.182 e. The Hall–Kier alpha value is -3.29. The minimum absolute atomic E-state index is 0.357. The molecule has 0 unspecified atom stereocenters. The normalized spacial score (nSPS) is 15.6. The summed E-state index contributed by atoms with van der Waals surface area (Å²) in [6.07, 6.45) is 7.28. The summed E-state index contributed by atoms with van der Waals surface area (Å²) in [7, 11) is 0. The molecule has 1 fully saturated rings. The fourth-order valence-electron chi connectivity index (χ4n) is 3.53. The average Bonchev–Trinajstić information content (AvgIpc) is 3.38. The molecule has 0 amide bonds. The molecule has 0 atom stereocenters. The van der Waals surface area contributed by atoms with Crippen LogP contribution in [0.4, 0.5) is 5.82 Å². The van der Waals surface area contributed by atoms with E-state index in [4.69, 9.17) is 0 Å². The molecule has 1 aliphatic heterocycles. The van der Waals surface area contributed by atoms with Crippen LogP contribution in [0.25, 0.3) is 22.4 Å². The molecular formula is C18H18N8. The quantitative estimate of drug-likeness (QED) is 0.613. The molecule has 4 heterocycles. The SMILES string of the molecule is c1ccc(-c2cn(C3CCN(c4ncnc5nc[nH]c45)CC3)nn2)cc1. The molecule has 0 aliphatic carbocycles. The van der Waals surface area contributed by atoms with Crippen LogP contribution < -0.4 is 4.90 Å². The first kappa shape index (κ1) is 15.0. The summed E-state index contributed by atoms with van der Waals surface area (Å²) in [5, 5.41) is 8.70. The van der Waals surface area contributed by atoms with Crippen molar-refractivity contribution in [3.8, 4) is 11.3 Å². The van der Waals surface area contributed by atoms with Gasteiger partial charge in [0.2, 0.25) is 0 Å². The predicted octanol–water partition coefficient (Wildman–Crippen LogP) is 2.45. The van der Waals surface area contributed by atoms with Crippen LogP contribution in [0, 0.1) is 0 Å². The van der Waals surface area contributed by atoms with E-state index in [1.807, 2.05) is 29.1 Å². The maximum atomic E-state index is 4.45. The molecule has 26 heavy (non-hydrogen) atoms. The predicted molar refractivity (Wildman–Crippen MR) is 97.6 cm³/mol. The number of nitrogens with one attached hydrogen (secondary N) is 1. The highest BCUT2D eigenvalue weighted by Crippen LogP contribution is 2.28. The molecule has 1 aliphatic rings. The number of H-pyrrole nitrogens is 1. The van der Waals surface area contributed by atoms with Crippen LogP contribution in [-0.4, -0.2) is 48.0 Å². The molecule has 8 nitrogen and oxygen atoms in total. The maximum absolute atomic E-state index is 4.45. The van der Waals surface area contributed by atoms with Crippen molar-refractivity contribution < 1.29 is 0 Å². The number of nitrogens with zero attached hydrogens (tertiary/aromatic N) is 7. The van der Waals surface area contributed by atoms with Gasteiger partial charge in [0.15, 0.2) is 11.5 Å². The van der Waals surface area contributed by atoms with Gasteiger partial charge in [-0.05, 0) is 12.8 Å². The summed E-state index contributed by atoms with van der Waals surface area (Å²) in [4.78, 5) is 18.3. The van der Waals surface area contributed by atoms with Crippen molar-refractivity contribution in [2.45, 2.75) is 18.9 Å². The van der Waals surface area contributed by atoms with Gasteiger partial charge in [-0.15, -0.1) is 5.10 Å². The summed E-state index contributed by atoms with van der Waals surface area (Å²) in [5.41, 5.74) is 3.63. The van der Waals surface area contributed by atoms with Crippen LogP contribution in [0.1, 0.15) is 18.9 Å². The smallest absolute Gasteiger partial charge is 0.182 e. The lowest BCUT2D eigenvalue weighted by molar-refractivity contribution is 0.359. The Morgan fingerprint density at radius 3 is 2.69 bits per heavy atom. The third-order valence-electron chi connectivity index (χ3n) is 4.92. The first-order chi connectivity index (χ1) is 12.9. The fraction of sp³-hybridized carbons (Fsp3) is 0.278. The van der Waals surface area contributed by atoms with Crippen LogP contribution in [0.2, 0.25) is 0 Å². The summed E-state index contributed by atoms with van der Waals surface area (Å²) >= 11 is 0. The van der Waals surface area contributed by atoms with Crippen molar-refractivity contribution in [2.24, 2.45) is 0 Å². The molecule has 3 aromatic heterocycles. The summed E-state index contributed by atoms with van der Waals surface area (Å²) in [5.74, 6) is 0.925. The van der Waals surface area contributed by atoms with Gasteiger partial charge in [-0.2, -0.15) is 0 Å². The van der Waals surface area contributed by atoms with Crippen LogP contribution in [-0.2, 0) is 0 Å². The van der Waals surface area contributed by atoms with E-state index in [0.29, 0.717) is 11.7 Å². The second-order valence-corrected chi connectivity index (χ2v) is 6.47. The summed E-state index contributed by atoms with van der Waals surface area (Å²) < 4.78 is 2.01. The van der Waals surface area contributed by atoms with E-state index in [1.54, 1.807) is 12.7 Å². The van der Waals surface area contributed by atoms with Crippen molar-refractivity contribution >= 4 is 17.0 Å². The number of aromatic nitrogens is 7. The van der Waals surface area contributed by atoms with E-state index in [2.05, 4.69) is 47.3 Å². The first-order valence-electron chi connectivity index (χ1n) is 8.75. The average molecular weight is 346 g/mol. The van der Waals surface area contributed by atoms with Gasteiger partial charge in [-0.25, -0.2) is 19.6 Å². The molecule has 0 bridgehead atoms. The third kappa shape index (κ3) is 2.59. The Morgan fingerprint density at radius 2 is 1.85 bits per heavy atom. The Balaban J connectivity index is 1.32. The highest BCUT2D eigenvalue weighted by atomic mass is 15.4. The van der Waals surface area contributed by atoms with Gasteiger partial charge in [-0.3, -0.25) is 0 Å². The van der Waals surface area contributed by atoms with Gasteiger partial charge >= 0.3 is 0 Å². The highest BCUT2D eigenvalue weighted by Gasteiger charge is 2.24.